The number of hydrogen-bond acceptors (Lipinski definition) is 12. The zero-order valence-electron chi connectivity index (χ0n) is 16.2. The van der Waals surface area contributed by atoms with E-state index in [0.29, 0.717) is 10.1 Å². The lowest BCUT2D eigenvalue weighted by molar-refractivity contribution is -0.757. The highest BCUT2D eigenvalue weighted by Crippen LogP contribution is 2.34. The van der Waals surface area contributed by atoms with Crippen LogP contribution in [0, 0.1) is 20.2 Å². The topological polar surface area (TPSA) is 189 Å². The van der Waals surface area contributed by atoms with Gasteiger partial charge < -0.3 is 20.3 Å². The van der Waals surface area contributed by atoms with E-state index in [1.54, 1.807) is 24.3 Å². The van der Waals surface area contributed by atoms with Crippen LogP contribution in [0.1, 0.15) is 20.7 Å². The van der Waals surface area contributed by atoms with Crippen LogP contribution in [0.25, 0.3) is 0 Å². The first kappa shape index (κ1) is 24.6. The first-order valence-electron chi connectivity index (χ1n) is 8.73. The van der Waals surface area contributed by atoms with E-state index in [0.717, 1.165) is 0 Å². The van der Waals surface area contributed by atoms with Gasteiger partial charge in [0, 0.05) is 25.5 Å². The summed E-state index contributed by atoms with van der Waals surface area (Å²) in [7, 11) is 2.58. The van der Waals surface area contributed by atoms with E-state index in [2.05, 4.69) is 30.3 Å². The SMILES string of the molecule is O=C(NCCO[N+](=O)[O-])c1ccc(SSc2ccc(C(=O)NCCO[N+](=O)[O-])cn2)nc1. The Kier molecular flexibility index (Phi) is 9.92. The van der Waals surface area contributed by atoms with Crippen LogP contribution in [0.15, 0.2) is 46.7 Å². The van der Waals surface area contributed by atoms with E-state index in [4.69, 9.17) is 0 Å². The maximum atomic E-state index is 11.9. The van der Waals surface area contributed by atoms with Crippen LogP contribution in [0.5, 0.6) is 0 Å². The molecule has 0 aliphatic carbocycles. The Morgan fingerprint density at radius 2 is 1.22 bits per heavy atom. The van der Waals surface area contributed by atoms with Crippen LogP contribution in [0.2, 0.25) is 0 Å². The molecule has 0 saturated carbocycles. The summed E-state index contributed by atoms with van der Waals surface area (Å²) in [5, 5.41) is 24.4. The van der Waals surface area contributed by atoms with E-state index in [1.165, 1.54) is 34.0 Å². The number of nitrogens with zero attached hydrogens (tertiary/aromatic N) is 4. The van der Waals surface area contributed by atoms with Crippen molar-refractivity contribution in [1.29, 1.82) is 0 Å². The third-order valence-corrected chi connectivity index (χ3v) is 5.56. The Bertz CT molecular complexity index is 867. The van der Waals surface area contributed by atoms with Crippen molar-refractivity contribution in [1.82, 2.24) is 20.6 Å². The van der Waals surface area contributed by atoms with Crippen LogP contribution in [0.4, 0.5) is 0 Å². The number of hydrogen-bond donors (Lipinski definition) is 2. The van der Waals surface area contributed by atoms with Gasteiger partial charge in [0.1, 0.15) is 23.3 Å². The maximum Gasteiger partial charge on any atom is 0.294 e. The zero-order valence-corrected chi connectivity index (χ0v) is 17.8. The highest BCUT2D eigenvalue weighted by molar-refractivity contribution is 8.76. The fourth-order valence-electron chi connectivity index (χ4n) is 1.99. The molecule has 16 heteroatoms. The van der Waals surface area contributed by atoms with Gasteiger partial charge in [0.25, 0.3) is 22.0 Å². The maximum absolute atomic E-state index is 11.9. The lowest BCUT2D eigenvalue weighted by Crippen LogP contribution is -2.28. The van der Waals surface area contributed by atoms with E-state index in [9.17, 15) is 29.8 Å². The van der Waals surface area contributed by atoms with Crippen molar-refractivity contribution in [2.45, 2.75) is 10.1 Å². The molecular formula is C16H16N6O8S2. The Balaban J connectivity index is 1.76. The number of pyridine rings is 2. The summed E-state index contributed by atoms with van der Waals surface area (Å²) in [6, 6.07) is 6.38. The molecule has 2 heterocycles. The van der Waals surface area contributed by atoms with E-state index in [1.807, 2.05) is 0 Å². The van der Waals surface area contributed by atoms with Crippen molar-refractivity contribution in [3.05, 3.63) is 68.0 Å². The highest BCUT2D eigenvalue weighted by atomic mass is 33.1. The summed E-state index contributed by atoms with van der Waals surface area (Å²) < 4.78 is 0. The Morgan fingerprint density at radius 1 is 0.812 bits per heavy atom. The standard InChI is InChI=1S/C16H16N6O8S2/c23-15(17-5-7-29-21(25)26)11-1-3-13(19-9-11)31-32-14-4-2-12(10-20-14)16(24)18-6-8-30-22(27)28/h1-4,9-10H,5-8H2,(H,17,23)(H,18,24). The third-order valence-electron chi connectivity index (χ3n) is 3.38. The van der Waals surface area contributed by atoms with Gasteiger partial charge in [0.15, 0.2) is 0 Å². The molecule has 0 bridgehead atoms. The average molecular weight is 484 g/mol. The summed E-state index contributed by atoms with van der Waals surface area (Å²) in [5.41, 5.74) is 0.579. The Morgan fingerprint density at radius 3 is 1.53 bits per heavy atom. The molecule has 0 atom stereocenters. The normalized spacial score (nSPS) is 10.1. The largest absolute Gasteiger partial charge is 0.350 e. The van der Waals surface area contributed by atoms with Gasteiger partial charge in [-0.15, -0.1) is 20.2 Å². The summed E-state index contributed by atoms with van der Waals surface area (Å²) in [6.45, 7) is -0.530. The fraction of sp³-hybridized carbons (Fsp3) is 0.250. The first-order chi connectivity index (χ1) is 15.3. The molecule has 2 aromatic heterocycles. The van der Waals surface area contributed by atoms with Gasteiger partial charge >= 0.3 is 0 Å². The summed E-state index contributed by atoms with van der Waals surface area (Å²) >= 11 is 0. The summed E-state index contributed by atoms with van der Waals surface area (Å²) in [5.74, 6) is -0.872. The van der Waals surface area contributed by atoms with Crippen molar-refractivity contribution >= 4 is 33.4 Å². The molecule has 0 unspecified atom stereocenters. The van der Waals surface area contributed by atoms with Crippen LogP contribution < -0.4 is 10.6 Å². The second-order valence-corrected chi connectivity index (χ2v) is 7.73. The molecule has 2 N–H and O–H groups in total. The van der Waals surface area contributed by atoms with Crippen molar-refractivity contribution in [2.24, 2.45) is 0 Å². The highest BCUT2D eigenvalue weighted by Gasteiger charge is 2.09. The predicted octanol–water partition coefficient (Wildman–Crippen LogP) is 1.15. The number of carbonyl (C=O) groups is 2. The molecule has 2 aromatic rings. The molecule has 170 valence electrons. The molecule has 0 aliphatic heterocycles. The third kappa shape index (κ3) is 9.00. The molecule has 2 rings (SSSR count). The smallest absolute Gasteiger partial charge is 0.294 e. The van der Waals surface area contributed by atoms with Gasteiger partial charge in [-0.1, -0.05) is 0 Å². The van der Waals surface area contributed by atoms with Crippen molar-refractivity contribution < 1.29 is 29.4 Å². The second-order valence-electron chi connectivity index (χ2n) is 5.56. The van der Waals surface area contributed by atoms with E-state index >= 15 is 0 Å². The lowest BCUT2D eigenvalue weighted by atomic mass is 10.3. The molecule has 0 radical (unpaired) electrons. The molecule has 14 nitrogen and oxygen atoms in total. The Labute approximate surface area is 188 Å². The first-order valence-corrected chi connectivity index (χ1v) is 10.9. The van der Waals surface area contributed by atoms with Gasteiger partial charge in [-0.3, -0.25) is 9.59 Å². The summed E-state index contributed by atoms with van der Waals surface area (Å²) in [4.78, 5) is 60.4. The number of aromatic nitrogens is 2. The van der Waals surface area contributed by atoms with E-state index in [-0.39, 0.29) is 37.4 Å². The molecule has 0 aromatic carbocycles. The monoisotopic (exact) mass is 484 g/mol. The number of rotatable bonds is 13. The predicted molar refractivity (Wildman–Crippen MR) is 111 cm³/mol. The Hall–Kier alpha value is -3.66. The zero-order chi connectivity index (χ0) is 23.3. The quantitative estimate of drug-likeness (QED) is 0.179. The number of nitrogens with one attached hydrogen (secondary N) is 2. The van der Waals surface area contributed by atoms with Crippen LogP contribution in [-0.2, 0) is 9.68 Å². The molecule has 32 heavy (non-hydrogen) atoms. The van der Waals surface area contributed by atoms with Crippen molar-refractivity contribution in [2.75, 3.05) is 26.3 Å². The van der Waals surface area contributed by atoms with Crippen LogP contribution in [-0.4, -0.2) is 58.3 Å². The molecule has 0 spiro atoms. The molecule has 0 fully saturated rings. The minimum absolute atomic E-state index is 0.0154. The second kappa shape index (κ2) is 12.9. The lowest BCUT2D eigenvalue weighted by Gasteiger charge is -2.06. The van der Waals surface area contributed by atoms with Gasteiger partial charge in [-0.2, -0.15) is 0 Å². The van der Waals surface area contributed by atoms with Gasteiger partial charge in [-0.25, -0.2) is 9.97 Å². The molecule has 0 aliphatic rings. The number of carbonyl (C=O) groups excluding carboxylic acids is 2. The average Bonchev–Trinajstić information content (AvgIpc) is 2.78. The van der Waals surface area contributed by atoms with Crippen molar-refractivity contribution in [3.8, 4) is 0 Å². The van der Waals surface area contributed by atoms with Gasteiger partial charge in [-0.05, 0) is 45.9 Å². The van der Waals surface area contributed by atoms with Crippen molar-refractivity contribution in [3.63, 3.8) is 0 Å². The van der Waals surface area contributed by atoms with Gasteiger partial charge in [0.05, 0.1) is 11.1 Å². The van der Waals surface area contributed by atoms with Crippen LogP contribution >= 0.6 is 21.6 Å². The minimum atomic E-state index is -0.938. The summed E-state index contributed by atoms with van der Waals surface area (Å²) in [6.07, 6.45) is 2.74. The van der Waals surface area contributed by atoms with E-state index < -0.39 is 22.0 Å². The molecular weight excluding hydrogens is 468 g/mol. The number of amides is 2. The van der Waals surface area contributed by atoms with Gasteiger partial charge in [0.2, 0.25) is 0 Å². The fourth-order valence-corrected chi connectivity index (χ4v) is 3.70. The minimum Gasteiger partial charge on any atom is -0.350 e. The molecule has 0 saturated heterocycles. The molecule has 2 amide bonds. The van der Waals surface area contributed by atoms with Crippen LogP contribution in [0.3, 0.4) is 0 Å².